The van der Waals surface area contributed by atoms with Gasteiger partial charge in [-0.15, -0.1) is 0 Å². The Bertz CT molecular complexity index is 395. The first-order chi connectivity index (χ1) is 8.39. The number of rotatable bonds is 4. The van der Waals surface area contributed by atoms with E-state index < -0.39 is 0 Å². The minimum atomic E-state index is -0.204. The van der Waals surface area contributed by atoms with Gasteiger partial charge in [0.15, 0.2) is 0 Å². The number of esters is 1. The number of fused-ring (bicyclic) bond motifs is 1. The number of carbonyl (C=O) groups is 1. The van der Waals surface area contributed by atoms with Crippen LogP contribution in [-0.4, -0.2) is 25.7 Å². The second-order valence-corrected chi connectivity index (χ2v) is 6.64. The average Bonchev–Trinajstić information content (AvgIpc) is 2.47. The van der Waals surface area contributed by atoms with Crippen LogP contribution in [0.1, 0.15) is 46.0 Å². The van der Waals surface area contributed by atoms with Crippen molar-refractivity contribution in [2.24, 2.45) is 21.2 Å². The highest BCUT2D eigenvalue weighted by Crippen LogP contribution is 2.71. The van der Waals surface area contributed by atoms with Gasteiger partial charge in [0.1, 0.15) is 0 Å². The first-order valence-corrected chi connectivity index (χ1v) is 6.49. The van der Waals surface area contributed by atoms with Gasteiger partial charge in [-0.05, 0) is 36.5 Å². The lowest BCUT2D eigenvalue weighted by atomic mass is 9.53. The first kappa shape index (κ1) is 13.3. The number of aliphatic imine (C=N–C) groups is 1. The van der Waals surface area contributed by atoms with E-state index in [-0.39, 0.29) is 11.4 Å². The van der Waals surface area contributed by atoms with E-state index in [4.69, 9.17) is 4.74 Å². The lowest BCUT2D eigenvalue weighted by Gasteiger charge is -2.52. The number of nitrogens with zero attached hydrogens (tertiary/aromatic N) is 1. The van der Waals surface area contributed by atoms with Gasteiger partial charge in [0.2, 0.25) is 6.08 Å². The van der Waals surface area contributed by atoms with E-state index in [1.54, 1.807) is 6.08 Å². The monoisotopic (exact) mass is 251 g/mol. The predicted molar refractivity (Wildman–Crippen MR) is 66.7 cm³/mol. The van der Waals surface area contributed by atoms with E-state index in [0.29, 0.717) is 23.8 Å². The maximum absolute atomic E-state index is 11.6. The van der Waals surface area contributed by atoms with Gasteiger partial charge >= 0.3 is 5.97 Å². The molecule has 0 N–H and O–H groups in total. The molecule has 4 heteroatoms. The molecule has 0 radical (unpaired) electrons. The Hall–Kier alpha value is -1.15. The van der Waals surface area contributed by atoms with Crippen molar-refractivity contribution in [1.29, 1.82) is 0 Å². The van der Waals surface area contributed by atoms with Crippen LogP contribution in [0.15, 0.2) is 4.99 Å². The van der Waals surface area contributed by atoms with Crippen LogP contribution in [0.25, 0.3) is 0 Å². The Morgan fingerprint density at radius 3 is 2.22 bits per heavy atom. The van der Waals surface area contributed by atoms with E-state index in [0.717, 1.165) is 12.8 Å². The SMILES string of the molecule is COC(=O)C[C@@]1(CN=C=O)C[C@]2(C)CC[C@]2(C)C1. The predicted octanol–water partition coefficient (Wildman–Crippen LogP) is 2.47. The maximum atomic E-state index is 11.6. The summed E-state index contributed by atoms with van der Waals surface area (Å²) in [6, 6.07) is 0. The maximum Gasteiger partial charge on any atom is 0.306 e. The van der Waals surface area contributed by atoms with Crippen molar-refractivity contribution in [2.45, 2.75) is 46.0 Å². The van der Waals surface area contributed by atoms with Gasteiger partial charge in [-0.2, -0.15) is 0 Å². The van der Waals surface area contributed by atoms with Crippen LogP contribution in [-0.2, 0) is 14.3 Å². The van der Waals surface area contributed by atoms with E-state index in [1.165, 1.54) is 20.0 Å². The van der Waals surface area contributed by atoms with Gasteiger partial charge in [-0.25, -0.2) is 9.79 Å². The standard InChI is InChI=1S/C14H21NO3/c1-12-4-5-13(12,2)8-14(7-12,9-15-10-16)6-11(17)18-3/h4-9H2,1-3H3/t12-,13+,14+. The third-order valence-corrected chi connectivity index (χ3v) is 5.44. The molecule has 0 aromatic heterocycles. The summed E-state index contributed by atoms with van der Waals surface area (Å²) in [5.74, 6) is -0.204. The summed E-state index contributed by atoms with van der Waals surface area (Å²) in [7, 11) is 1.41. The van der Waals surface area contributed by atoms with Crippen molar-refractivity contribution in [3.63, 3.8) is 0 Å². The largest absolute Gasteiger partial charge is 0.469 e. The molecule has 0 heterocycles. The number of hydrogen-bond donors (Lipinski definition) is 0. The van der Waals surface area contributed by atoms with E-state index >= 15 is 0 Å². The van der Waals surface area contributed by atoms with Gasteiger partial charge in [0.25, 0.3) is 0 Å². The van der Waals surface area contributed by atoms with Crippen molar-refractivity contribution < 1.29 is 14.3 Å². The Labute approximate surface area is 108 Å². The lowest BCUT2D eigenvalue weighted by molar-refractivity contribution is -0.143. The summed E-state index contributed by atoms with van der Waals surface area (Å²) in [5, 5.41) is 0. The molecule has 0 aliphatic heterocycles. The van der Waals surface area contributed by atoms with E-state index in [1.807, 2.05) is 0 Å². The van der Waals surface area contributed by atoms with Gasteiger partial charge < -0.3 is 4.74 Å². The summed E-state index contributed by atoms with van der Waals surface area (Å²) in [4.78, 5) is 25.8. The Kier molecular flexibility index (Phi) is 3.10. The molecule has 3 atom stereocenters. The molecule has 0 saturated heterocycles. The molecule has 0 amide bonds. The molecule has 2 aliphatic rings. The van der Waals surface area contributed by atoms with Gasteiger partial charge in [0, 0.05) is 5.41 Å². The summed E-state index contributed by atoms with van der Waals surface area (Å²) in [6.45, 7) is 4.98. The van der Waals surface area contributed by atoms with E-state index in [2.05, 4.69) is 18.8 Å². The van der Waals surface area contributed by atoms with Crippen LogP contribution >= 0.6 is 0 Å². The fraction of sp³-hybridized carbons (Fsp3) is 0.857. The quantitative estimate of drug-likeness (QED) is 0.438. The summed E-state index contributed by atoms with van der Waals surface area (Å²) in [6.07, 6.45) is 6.29. The summed E-state index contributed by atoms with van der Waals surface area (Å²) < 4.78 is 4.79. The van der Waals surface area contributed by atoms with Crippen molar-refractivity contribution >= 4 is 12.0 Å². The molecule has 18 heavy (non-hydrogen) atoms. The number of methoxy groups -OCH3 is 1. The van der Waals surface area contributed by atoms with Crippen LogP contribution in [0.3, 0.4) is 0 Å². The van der Waals surface area contributed by atoms with Crippen LogP contribution in [0.5, 0.6) is 0 Å². The smallest absolute Gasteiger partial charge is 0.306 e. The summed E-state index contributed by atoms with van der Waals surface area (Å²) >= 11 is 0. The molecule has 0 bridgehead atoms. The number of hydrogen-bond acceptors (Lipinski definition) is 4. The first-order valence-electron chi connectivity index (χ1n) is 6.49. The highest BCUT2D eigenvalue weighted by atomic mass is 16.5. The zero-order chi connectivity index (χ0) is 13.4. The molecule has 0 unspecified atom stereocenters. The molecule has 4 nitrogen and oxygen atoms in total. The minimum absolute atomic E-state index is 0.204. The van der Waals surface area contributed by atoms with Crippen molar-refractivity contribution in [2.75, 3.05) is 13.7 Å². The van der Waals surface area contributed by atoms with Crippen LogP contribution in [0.4, 0.5) is 0 Å². The molecule has 2 saturated carbocycles. The topological polar surface area (TPSA) is 55.7 Å². The van der Waals surface area contributed by atoms with Crippen molar-refractivity contribution in [1.82, 2.24) is 0 Å². The molecule has 2 aliphatic carbocycles. The van der Waals surface area contributed by atoms with Crippen molar-refractivity contribution in [3.8, 4) is 0 Å². The average molecular weight is 251 g/mol. The zero-order valence-corrected chi connectivity index (χ0v) is 11.4. The second kappa shape index (κ2) is 4.20. The van der Waals surface area contributed by atoms with E-state index in [9.17, 15) is 9.59 Å². The van der Waals surface area contributed by atoms with Crippen LogP contribution in [0.2, 0.25) is 0 Å². The molecular formula is C14H21NO3. The Morgan fingerprint density at radius 1 is 1.28 bits per heavy atom. The van der Waals surface area contributed by atoms with Gasteiger partial charge in [-0.1, -0.05) is 13.8 Å². The molecule has 100 valence electrons. The number of ether oxygens (including phenoxy) is 1. The molecule has 0 aromatic rings. The Morgan fingerprint density at radius 2 is 1.83 bits per heavy atom. The highest BCUT2D eigenvalue weighted by Gasteiger charge is 2.63. The molecule has 2 fully saturated rings. The number of isocyanates is 1. The zero-order valence-electron chi connectivity index (χ0n) is 11.4. The molecule has 2 rings (SSSR count). The lowest BCUT2D eigenvalue weighted by Crippen LogP contribution is -2.42. The second-order valence-electron chi connectivity index (χ2n) is 6.64. The molecule has 0 aromatic carbocycles. The number of carbonyl (C=O) groups excluding carboxylic acids is 2. The van der Waals surface area contributed by atoms with Gasteiger partial charge in [-0.3, -0.25) is 4.79 Å². The molecular weight excluding hydrogens is 230 g/mol. The molecule has 0 spiro atoms. The van der Waals surface area contributed by atoms with Crippen LogP contribution in [0, 0.1) is 16.2 Å². The summed E-state index contributed by atoms with van der Waals surface area (Å²) in [5.41, 5.74) is 0.378. The third-order valence-electron chi connectivity index (χ3n) is 5.44. The highest BCUT2D eigenvalue weighted by molar-refractivity contribution is 5.70. The fourth-order valence-corrected chi connectivity index (χ4v) is 4.17. The third kappa shape index (κ3) is 1.89. The normalized spacial score (nSPS) is 41.5. The Balaban J connectivity index is 2.22. The van der Waals surface area contributed by atoms with Crippen LogP contribution < -0.4 is 0 Å². The van der Waals surface area contributed by atoms with Crippen molar-refractivity contribution in [3.05, 3.63) is 0 Å². The minimum Gasteiger partial charge on any atom is -0.469 e. The fourth-order valence-electron chi connectivity index (χ4n) is 4.17. The van der Waals surface area contributed by atoms with Gasteiger partial charge in [0.05, 0.1) is 20.1 Å².